The van der Waals surface area contributed by atoms with Gasteiger partial charge in [0, 0.05) is 69.5 Å². The molecule has 2 unspecified atom stereocenters. The Kier molecular flexibility index (Phi) is 7.69. The molecule has 2 aliphatic rings. The zero-order chi connectivity index (χ0) is 27.6. The predicted molar refractivity (Wildman–Crippen MR) is 138 cm³/mol. The first-order chi connectivity index (χ1) is 18.7. The number of pyridine rings is 1. The number of aromatic nitrogens is 3. The lowest BCUT2D eigenvalue weighted by molar-refractivity contribution is -0.138. The molecule has 1 aromatic carbocycles. The third kappa shape index (κ3) is 6.13. The topological polar surface area (TPSA) is 74.6 Å². The minimum Gasteiger partial charge on any atom is -0.335 e. The fraction of sp³-hybridized carbons (Fsp3) is 0.429. The molecular formula is C28H31F3N6O2. The zero-order valence-corrected chi connectivity index (χ0v) is 21.7. The molecule has 4 heterocycles. The van der Waals surface area contributed by atoms with Crippen LogP contribution in [0.3, 0.4) is 0 Å². The summed E-state index contributed by atoms with van der Waals surface area (Å²) < 4.78 is 40.4. The van der Waals surface area contributed by atoms with E-state index in [9.17, 15) is 22.8 Å². The average molecular weight is 541 g/mol. The molecule has 0 aliphatic carbocycles. The number of carbonyl (C=O) groups is 2. The third-order valence-electron chi connectivity index (χ3n) is 7.61. The van der Waals surface area contributed by atoms with Crippen molar-refractivity contribution in [3.8, 4) is 0 Å². The number of anilines is 1. The predicted octanol–water partition coefficient (Wildman–Crippen LogP) is 4.12. The molecule has 2 aromatic heterocycles. The van der Waals surface area contributed by atoms with Gasteiger partial charge >= 0.3 is 6.18 Å². The Bertz CT molecular complexity index is 1310. The molecule has 2 bridgehead atoms. The second-order valence-electron chi connectivity index (χ2n) is 10.2. The highest BCUT2D eigenvalue weighted by Crippen LogP contribution is 2.33. The number of benzene rings is 1. The second kappa shape index (κ2) is 11.2. The van der Waals surface area contributed by atoms with Gasteiger partial charge in [-0.05, 0) is 42.5 Å². The molecule has 5 rings (SSSR count). The number of amides is 2. The molecular weight excluding hydrogens is 509 g/mol. The largest absolute Gasteiger partial charge is 0.419 e. The van der Waals surface area contributed by atoms with Crippen LogP contribution in [0, 0.1) is 0 Å². The lowest BCUT2D eigenvalue weighted by Gasteiger charge is -2.34. The van der Waals surface area contributed by atoms with Crippen molar-refractivity contribution in [2.75, 3.05) is 18.0 Å². The maximum atomic E-state index is 13.6. The molecule has 0 spiro atoms. The number of nitrogens with zero attached hydrogens (tertiary/aromatic N) is 6. The van der Waals surface area contributed by atoms with Crippen molar-refractivity contribution in [1.82, 2.24) is 24.6 Å². The van der Waals surface area contributed by atoms with E-state index in [-0.39, 0.29) is 37.0 Å². The van der Waals surface area contributed by atoms with Crippen LogP contribution in [0.4, 0.5) is 18.9 Å². The van der Waals surface area contributed by atoms with Crippen LogP contribution in [0.1, 0.15) is 42.9 Å². The average Bonchev–Trinajstić information content (AvgIpc) is 3.51. The third-order valence-corrected chi connectivity index (χ3v) is 7.61. The summed E-state index contributed by atoms with van der Waals surface area (Å²) in [6, 6.07) is 11.7. The molecule has 11 heteroatoms. The maximum absolute atomic E-state index is 13.6. The molecule has 1 fully saturated rings. The van der Waals surface area contributed by atoms with Crippen LogP contribution < -0.4 is 4.90 Å². The van der Waals surface area contributed by atoms with Crippen LogP contribution >= 0.6 is 0 Å². The Balaban J connectivity index is 1.48. The summed E-state index contributed by atoms with van der Waals surface area (Å²) in [6.45, 7) is 3.08. The molecule has 2 atom stereocenters. The van der Waals surface area contributed by atoms with E-state index in [1.807, 2.05) is 42.6 Å². The molecule has 8 nitrogen and oxygen atoms in total. The highest BCUT2D eigenvalue weighted by molar-refractivity contribution is 5.92. The summed E-state index contributed by atoms with van der Waals surface area (Å²) in [5.74, 6) is -0.413. The van der Waals surface area contributed by atoms with Gasteiger partial charge in [0.1, 0.15) is 6.54 Å². The smallest absolute Gasteiger partial charge is 0.335 e. The van der Waals surface area contributed by atoms with Gasteiger partial charge in [0.25, 0.3) is 0 Å². The normalized spacial score (nSPS) is 20.4. The van der Waals surface area contributed by atoms with Crippen LogP contribution in [-0.4, -0.2) is 61.6 Å². The van der Waals surface area contributed by atoms with Gasteiger partial charge in [0.05, 0.1) is 11.8 Å². The highest BCUT2D eigenvalue weighted by Gasteiger charge is 2.37. The molecule has 2 amide bonds. The van der Waals surface area contributed by atoms with Gasteiger partial charge in [0.15, 0.2) is 0 Å². The van der Waals surface area contributed by atoms with E-state index in [2.05, 4.69) is 15.0 Å². The fourth-order valence-electron chi connectivity index (χ4n) is 5.66. The van der Waals surface area contributed by atoms with Gasteiger partial charge in [-0.2, -0.15) is 18.3 Å². The number of alkyl halides is 3. The lowest BCUT2D eigenvalue weighted by atomic mass is 10.1. The maximum Gasteiger partial charge on any atom is 0.419 e. The number of para-hydroxylation sites is 1. The van der Waals surface area contributed by atoms with Gasteiger partial charge in [0.2, 0.25) is 11.8 Å². The summed E-state index contributed by atoms with van der Waals surface area (Å²) in [5.41, 5.74) is 1.73. The van der Waals surface area contributed by atoms with E-state index in [0.29, 0.717) is 19.6 Å². The molecule has 0 saturated carbocycles. The van der Waals surface area contributed by atoms with Crippen molar-refractivity contribution in [3.63, 3.8) is 0 Å². The van der Waals surface area contributed by atoms with Gasteiger partial charge < -0.3 is 9.80 Å². The first kappa shape index (κ1) is 26.9. The van der Waals surface area contributed by atoms with Crippen molar-refractivity contribution in [2.24, 2.45) is 0 Å². The van der Waals surface area contributed by atoms with Crippen LogP contribution in [0.2, 0.25) is 0 Å². The summed E-state index contributed by atoms with van der Waals surface area (Å²) in [7, 11) is 0. The molecule has 1 saturated heterocycles. The highest BCUT2D eigenvalue weighted by atomic mass is 19.4. The van der Waals surface area contributed by atoms with Crippen LogP contribution in [0.5, 0.6) is 0 Å². The zero-order valence-electron chi connectivity index (χ0n) is 21.7. The Morgan fingerprint density at radius 2 is 1.82 bits per heavy atom. The number of halogens is 3. The summed E-state index contributed by atoms with van der Waals surface area (Å²) >= 11 is 0. The van der Waals surface area contributed by atoms with Crippen molar-refractivity contribution in [3.05, 3.63) is 77.9 Å². The number of rotatable bonds is 4. The first-order valence-corrected chi connectivity index (χ1v) is 13.1. The number of carbonyl (C=O) groups excluding carboxylic acids is 2. The molecule has 39 heavy (non-hydrogen) atoms. The Morgan fingerprint density at radius 3 is 2.54 bits per heavy atom. The Labute approximate surface area is 225 Å². The van der Waals surface area contributed by atoms with Gasteiger partial charge in [-0.25, -0.2) is 0 Å². The van der Waals surface area contributed by atoms with Crippen LogP contribution in [-0.2, 0) is 35.4 Å². The van der Waals surface area contributed by atoms with E-state index in [1.54, 1.807) is 22.9 Å². The fourth-order valence-corrected chi connectivity index (χ4v) is 5.66. The summed E-state index contributed by atoms with van der Waals surface area (Å²) in [5, 5.41) is 3.78. The summed E-state index contributed by atoms with van der Waals surface area (Å²) in [6.07, 6.45) is 3.20. The quantitative estimate of drug-likeness (QED) is 0.498. The minimum absolute atomic E-state index is 0.0542. The van der Waals surface area contributed by atoms with Gasteiger partial charge in [-0.1, -0.05) is 24.3 Å². The number of hydrogen-bond acceptors (Lipinski definition) is 5. The van der Waals surface area contributed by atoms with E-state index in [1.165, 1.54) is 0 Å². The number of hydrogen-bond donors (Lipinski definition) is 0. The monoisotopic (exact) mass is 540 g/mol. The van der Waals surface area contributed by atoms with Gasteiger partial charge in [-0.3, -0.25) is 24.2 Å². The standard InChI is InChI=1S/C28H31F3N6O2/c1-20(38)36-12-10-24-8-9-25(37(24)15-21-5-4-11-32-13-21)18-34(16-22-6-2-3-7-26(22)36)27(39)19-35-17-23(14-33-35)28(29,30)31/h2-7,11,13-14,17,24-25H,8-10,12,15-16,18-19H2,1H3. The minimum atomic E-state index is -4.53. The van der Waals surface area contributed by atoms with E-state index >= 15 is 0 Å². The first-order valence-electron chi connectivity index (χ1n) is 13.1. The Morgan fingerprint density at radius 1 is 1.03 bits per heavy atom. The van der Waals surface area contributed by atoms with Crippen molar-refractivity contribution >= 4 is 17.5 Å². The molecule has 0 N–H and O–H groups in total. The molecule has 2 aliphatic heterocycles. The van der Waals surface area contributed by atoms with Crippen molar-refractivity contribution in [1.29, 1.82) is 0 Å². The van der Waals surface area contributed by atoms with E-state index in [0.717, 1.165) is 53.2 Å². The van der Waals surface area contributed by atoms with Gasteiger partial charge in [-0.15, -0.1) is 0 Å². The van der Waals surface area contributed by atoms with Crippen molar-refractivity contribution in [2.45, 2.75) is 64.1 Å². The van der Waals surface area contributed by atoms with Crippen LogP contribution in [0.15, 0.2) is 61.2 Å². The Hall–Kier alpha value is -3.73. The molecule has 0 radical (unpaired) electrons. The number of fused-ring (bicyclic) bond motifs is 3. The second-order valence-corrected chi connectivity index (χ2v) is 10.2. The molecule has 206 valence electrons. The lowest BCUT2D eigenvalue weighted by Crippen LogP contribution is -2.45. The van der Waals surface area contributed by atoms with Crippen LogP contribution in [0.25, 0.3) is 0 Å². The van der Waals surface area contributed by atoms with Crippen molar-refractivity contribution < 1.29 is 22.8 Å². The van der Waals surface area contributed by atoms with E-state index in [4.69, 9.17) is 0 Å². The molecule has 3 aromatic rings. The summed E-state index contributed by atoms with van der Waals surface area (Å²) in [4.78, 5) is 36.5. The SMILES string of the molecule is CC(=O)N1CCC2CCC(CN(C(=O)Cn3cc(C(F)(F)F)cn3)Cc3ccccc31)N2Cc1cccnc1. The van der Waals surface area contributed by atoms with E-state index < -0.39 is 11.7 Å².